The van der Waals surface area contributed by atoms with Crippen molar-refractivity contribution in [1.29, 1.82) is 0 Å². The molecule has 2 saturated heterocycles. The fraction of sp³-hybridized carbons (Fsp3) is 0.824. The van der Waals surface area contributed by atoms with E-state index in [1.165, 1.54) is 41.3 Å². The molecule has 4 rings (SSSR count). The molecule has 1 aliphatic carbocycles. The summed E-state index contributed by atoms with van der Waals surface area (Å²) in [5.41, 5.74) is 1.37. The maximum Gasteiger partial charge on any atom is 0.107 e. The molecule has 128 valence electrons. The normalized spacial score (nSPS) is 30.3. The zero-order chi connectivity index (χ0) is 15.6. The zero-order valence-electron chi connectivity index (χ0n) is 13.7. The Bertz CT molecular complexity index is 512. The number of hydrogen-bond acceptors (Lipinski definition) is 6. The molecule has 2 atom stereocenters. The van der Waals surface area contributed by atoms with Crippen LogP contribution >= 0.6 is 11.3 Å². The molecule has 2 fully saturated rings. The highest BCUT2D eigenvalue weighted by Crippen LogP contribution is 2.27. The molecule has 1 N–H and O–H groups in total. The van der Waals surface area contributed by atoms with Gasteiger partial charge in [-0.15, -0.1) is 11.3 Å². The molecule has 1 aromatic heterocycles. The third kappa shape index (κ3) is 3.61. The van der Waals surface area contributed by atoms with Gasteiger partial charge in [-0.05, 0) is 45.2 Å². The molecule has 2 aliphatic heterocycles. The van der Waals surface area contributed by atoms with Crippen LogP contribution in [0.25, 0.3) is 0 Å². The molecule has 0 spiro atoms. The van der Waals surface area contributed by atoms with Gasteiger partial charge in [0.1, 0.15) is 5.01 Å². The van der Waals surface area contributed by atoms with Crippen LogP contribution in [0.1, 0.15) is 34.8 Å². The van der Waals surface area contributed by atoms with E-state index in [-0.39, 0.29) is 12.1 Å². The molecule has 5 nitrogen and oxygen atoms in total. The van der Waals surface area contributed by atoms with Crippen LogP contribution in [0.3, 0.4) is 0 Å². The van der Waals surface area contributed by atoms with Crippen LogP contribution in [0, 0.1) is 0 Å². The first-order valence-electron chi connectivity index (χ1n) is 8.99. The van der Waals surface area contributed by atoms with Crippen LogP contribution in [-0.4, -0.2) is 71.4 Å². The van der Waals surface area contributed by atoms with Crippen molar-refractivity contribution in [2.45, 2.75) is 50.8 Å². The number of ether oxygens (including phenoxy) is 1. The molecular formula is C17H27N3O2S. The van der Waals surface area contributed by atoms with Gasteiger partial charge < -0.3 is 9.84 Å². The second-order valence-electron chi connectivity index (χ2n) is 7.02. The Morgan fingerprint density at radius 2 is 2.00 bits per heavy atom. The van der Waals surface area contributed by atoms with Crippen LogP contribution in [0.2, 0.25) is 0 Å². The molecule has 0 saturated carbocycles. The molecule has 23 heavy (non-hydrogen) atoms. The van der Waals surface area contributed by atoms with Crippen LogP contribution in [0.15, 0.2) is 0 Å². The third-order valence-corrected chi connectivity index (χ3v) is 6.50. The number of aryl methyl sites for hydroxylation is 2. The average Bonchev–Trinajstić information content (AvgIpc) is 3.08. The van der Waals surface area contributed by atoms with Crippen molar-refractivity contribution in [2.24, 2.45) is 0 Å². The van der Waals surface area contributed by atoms with Gasteiger partial charge in [0, 0.05) is 18.0 Å². The number of thiazole rings is 1. The zero-order valence-corrected chi connectivity index (χ0v) is 14.6. The first-order valence-corrected chi connectivity index (χ1v) is 9.81. The van der Waals surface area contributed by atoms with E-state index in [1.54, 1.807) is 0 Å². The SMILES string of the molecule is O[C@@H]1COC[C@H]1N1CCCN(Cc2nc3c(s2)CCCC3)CC1. The number of rotatable bonds is 3. The summed E-state index contributed by atoms with van der Waals surface area (Å²) in [6, 6.07) is 0.196. The van der Waals surface area contributed by atoms with Crippen LogP contribution in [-0.2, 0) is 24.1 Å². The van der Waals surface area contributed by atoms with Gasteiger partial charge in [-0.3, -0.25) is 9.80 Å². The maximum atomic E-state index is 10.0. The Morgan fingerprint density at radius 1 is 1.09 bits per heavy atom. The lowest BCUT2D eigenvalue weighted by molar-refractivity contribution is 0.0837. The van der Waals surface area contributed by atoms with E-state index in [0.29, 0.717) is 13.2 Å². The van der Waals surface area contributed by atoms with Crippen molar-refractivity contribution < 1.29 is 9.84 Å². The van der Waals surface area contributed by atoms with Gasteiger partial charge >= 0.3 is 0 Å². The second kappa shape index (κ2) is 7.15. The Kier molecular flexibility index (Phi) is 4.96. The molecule has 6 heteroatoms. The summed E-state index contributed by atoms with van der Waals surface area (Å²) >= 11 is 1.94. The topological polar surface area (TPSA) is 48.8 Å². The molecular weight excluding hydrogens is 310 g/mol. The van der Waals surface area contributed by atoms with Crippen molar-refractivity contribution in [3.8, 4) is 0 Å². The van der Waals surface area contributed by atoms with E-state index in [4.69, 9.17) is 9.72 Å². The molecule has 0 radical (unpaired) electrons. The van der Waals surface area contributed by atoms with E-state index in [2.05, 4.69) is 9.80 Å². The summed E-state index contributed by atoms with van der Waals surface area (Å²) in [6.45, 7) is 6.45. The van der Waals surface area contributed by atoms with E-state index in [9.17, 15) is 5.11 Å². The highest BCUT2D eigenvalue weighted by Gasteiger charge is 2.32. The number of aliphatic hydroxyl groups excluding tert-OH is 1. The van der Waals surface area contributed by atoms with E-state index in [1.807, 2.05) is 11.3 Å². The number of fused-ring (bicyclic) bond motifs is 1. The molecule has 3 aliphatic rings. The van der Waals surface area contributed by atoms with Gasteiger partial charge in [0.15, 0.2) is 0 Å². The van der Waals surface area contributed by atoms with Gasteiger partial charge in [-0.2, -0.15) is 0 Å². The Morgan fingerprint density at radius 3 is 2.83 bits per heavy atom. The smallest absolute Gasteiger partial charge is 0.107 e. The lowest BCUT2D eigenvalue weighted by Crippen LogP contribution is -2.44. The van der Waals surface area contributed by atoms with Crippen molar-refractivity contribution >= 4 is 11.3 Å². The predicted octanol–water partition coefficient (Wildman–Crippen LogP) is 1.29. The second-order valence-corrected chi connectivity index (χ2v) is 8.19. The molecule has 0 bridgehead atoms. The summed E-state index contributed by atoms with van der Waals surface area (Å²) in [5.74, 6) is 0. The van der Waals surface area contributed by atoms with Crippen molar-refractivity contribution in [1.82, 2.24) is 14.8 Å². The fourth-order valence-corrected chi connectivity index (χ4v) is 5.22. The number of aliphatic hydroxyl groups is 1. The summed E-state index contributed by atoms with van der Waals surface area (Å²) in [5, 5.41) is 11.3. The average molecular weight is 337 g/mol. The predicted molar refractivity (Wildman–Crippen MR) is 90.8 cm³/mol. The summed E-state index contributed by atoms with van der Waals surface area (Å²) < 4.78 is 5.42. The Hall–Kier alpha value is -0.530. The summed E-state index contributed by atoms with van der Waals surface area (Å²) in [4.78, 5) is 11.4. The minimum absolute atomic E-state index is 0.196. The Labute approximate surface area is 142 Å². The highest BCUT2D eigenvalue weighted by molar-refractivity contribution is 7.11. The molecule has 3 heterocycles. The number of aromatic nitrogens is 1. The number of hydrogen-bond donors (Lipinski definition) is 1. The maximum absolute atomic E-state index is 10.0. The van der Waals surface area contributed by atoms with Crippen molar-refractivity contribution in [2.75, 3.05) is 39.4 Å². The standard InChI is InChI=1S/C17H27N3O2S/c21-15-12-22-11-14(15)20-7-3-6-19(8-9-20)10-17-18-13-4-1-2-5-16(13)23-17/h14-15,21H,1-12H2/t14-,15-/m1/s1. The number of nitrogens with zero attached hydrogens (tertiary/aromatic N) is 3. The lowest BCUT2D eigenvalue weighted by Gasteiger charge is -2.28. The van der Waals surface area contributed by atoms with Crippen molar-refractivity contribution in [3.05, 3.63) is 15.6 Å². The van der Waals surface area contributed by atoms with Crippen LogP contribution < -0.4 is 0 Å². The van der Waals surface area contributed by atoms with E-state index < -0.39 is 0 Å². The fourth-order valence-electron chi connectivity index (χ4n) is 4.03. The molecule has 0 unspecified atom stereocenters. The summed E-state index contributed by atoms with van der Waals surface area (Å²) in [7, 11) is 0. The van der Waals surface area contributed by atoms with Gasteiger partial charge in [0.2, 0.25) is 0 Å². The first-order chi connectivity index (χ1) is 11.3. The van der Waals surface area contributed by atoms with Gasteiger partial charge in [-0.1, -0.05) is 0 Å². The van der Waals surface area contributed by atoms with Gasteiger partial charge in [0.25, 0.3) is 0 Å². The van der Waals surface area contributed by atoms with Gasteiger partial charge in [0.05, 0.1) is 37.6 Å². The van der Waals surface area contributed by atoms with E-state index in [0.717, 1.165) is 39.1 Å². The van der Waals surface area contributed by atoms with E-state index >= 15 is 0 Å². The van der Waals surface area contributed by atoms with Crippen LogP contribution in [0.4, 0.5) is 0 Å². The monoisotopic (exact) mass is 337 g/mol. The summed E-state index contributed by atoms with van der Waals surface area (Å²) in [6.07, 6.45) is 5.90. The Balaban J connectivity index is 1.34. The van der Waals surface area contributed by atoms with Crippen LogP contribution in [0.5, 0.6) is 0 Å². The molecule has 0 aromatic carbocycles. The highest BCUT2D eigenvalue weighted by atomic mass is 32.1. The van der Waals surface area contributed by atoms with Gasteiger partial charge in [-0.25, -0.2) is 4.98 Å². The lowest BCUT2D eigenvalue weighted by atomic mass is 10.0. The minimum Gasteiger partial charge on any atom is -0.389 e. The third-order valence-electron chi connectivity index (χ3n) is 5.36. The van der Waals surface area contributed by atoms with Crippen molar-refractivity contribution in [3.63, 3.8) is 0 Å². The first kappa shape index (κ1) is 16.0. The minimum atomic E-state index is -0.313. The largest absolute Gasteiger partial charge is 0.389 e. The molecule has 0 amide bonds. The quantitative estimate of drug-likeness (QED) is 0.901. The molecule has 1 aromatic rings.